The Hall–Kier alpha value is 1.37. The summed E-state index contributed by atoms with van der Waals surface area (Å²) < 4.78 is 23.8. The standard InChI is InChI=1S/2C14H20O4.2Y/c2*1-13(2)17-11-10(16)9-7-3-4-8(5-7)14(9,6-15)12(11)18-13;;/h2*3-4,7-12,15-16H,5-6H2,1-2H3;;/t2*7?,8?,9?,10-,11+,12+,14+;;/m10../s1. The molecule has 38 heavy (non-hydrogen) atoms. The van der Waals surface area contributed by atoms with E-state index in [2.05, 4.69) is 24.3 Å². The van der Waals surface area contributed by atoms with Gasteiger partial charge in [0.15, 0.2) is 11.6 Å². The minimum Gasteiger partial charge on any atom is -0.396 e. The van der Waals surface area contributed by atoms with E-state index in [1.54, 1.807) is 0 Å². The van der Waals surface area contributed by atoms with Gasteiger partial charge in [-0.2, -0.15) is 0 Å². The summed E-state index contributed by atoms with van der Waals surface area (Å²) in [6, 6.07) is 0. The SMILES string of the molecule is CC1(C)O[C@H]2[C@@H](O1)[C@]1(CO)C3C=CC(C3)C1[C@@H]2O.CC1(C)O[C@H]2[C@H](O)C3C4C=CC(C4)[C@]3(CO)[C@H]2O1.[Y].[Y]. The third kappa shape index (κ3) is 3.85. The molecule has 0 aromatic carbocycles. The number of hydrogen-bond donors (Lipinski definition) is 4. The van der Waals surface area contributed by atoms with E-state index < -0.39 is 23.8 Å². The van der Waals surface area contributed by atoms with Gasteiger partial charge in [0.05, 0.1) is 37.6 Å². The van der Waals surface area contributed by atoms with E-state index in [0.29, 0.717) is 23.7 Å². The van der Waals surface area contributed by atoms with Crippen molar-refractivity contribution in [2.75, 3.05) is 13.2 Å². The predicted octanol–water partition coefficient (Wildman–Crippen LogP) is 1.36. The minimum atomic E-state index is -0.658. The van der Waals surface area contributed by atoms with Crippen molar-refractivity contribution in [2.45, 2.75) is 88.7 Å². The van der Waals surface area contributed by atoms with Gasteiger partial charge in [0.1, 0.15) is 12.2 Å². The van der Waals surface area contributed by atoms with Gasteiger partial charge < -0.3 is 39.4 Å². The number of hydrogen-bond acceptors (Lipinski definition) is 8. The zero-order valence-corrected chi connectivity index (χ0v) is 28.3. The Morgan fingerprint density at radius 3 is 1.34 bits per heavy atom. The van der Waals surface area contributed by atoms with Gasteiger partial charge in [-0.1, -0.05) is 24.3 Å². The molecule has 2 radical (unpaired) electrons. The van der Waals surface area contributed by atoms with Crippen LogP contribution in [-0.4, -0.2) is 81.8 Å². The van der Waals surface area contributed by atoms with Crippen LogP contribution in [0.5, 0.6) is 0 Å². The third-order valence-electron chi connectivity index (χ3n) is 11.1. The van der Waals surface area contributed by atoms with E-state index in [-0.39, 0.29) is 126 Å². The van der Waals surface area contributed by atoms with Crippen molar-refractivity contribution in [2.24, 2.45) is 46.3 Å². The average Bonchev–Trinajstić information content (AvgIpc) is 3.66. The Morgan fingerprint density at radius 1 is 0.632 bits per heavy atom. The molecule has 4 saturated carbocycles. The third-order valence-corrected chi connectivity index (χ3v) is 11.1. The Morgan fingerprint density at radius 2 is 1.00 bits per heavy atom. The van der Waals surface area contributed by atoms with Gasteiger partial charge in [-0.05, 0) is 64.2 Å². The maximum atomic E-state index is 10.6. The molecule has 206 valence electrons. The van der Waals surface area contributed by atoms with Crippen LogP contribution < -0.4 is 0 Å². The van der Waals surface area contributed by atoms with Crippen LogP contribution in [0.25, 0.3) is 0 Å². The molecule has 4 bridgehead atoms. The van der Waals surface area contributed by atoms with Crippen LogP contribution in [0.3, 0.4) is 0 Å². The van der Waals surface area contributed by atoms with Crippen molar-refractivity contribution in [3.63, 3.8) is 0 Å². The van der Waals surface area contributed by atoms with E-state index in [9.17, 15) is 20.4 Å². The maximum absolute atomic E-state index is 10.6. The normalized spacial score (nSPS) is 56.0. The first kappa shape index (κ1) is 30.8. The fourth-order valence-corrected chi connectivity index (χ4v) is 9.96. The minimum absolute atomic E-state index is 0. The molecule has 6 fully saturated rings. The van der Waals surface area contributed by atoms with Crippen LogP contribution >= 0.6 is 0 Å². The number of rotatable bonds is 2. The van der Waals surface area contributed by atoms with E-state index in [4.69, 9.17) is 18.9 Å². The molecule has 6 unspecified atom stereocenters. The molecule has 6 aliphatic carbocycles. The first-order valence-corrected chi connectivity index (χ1v) is 13.6. The molecular weight excluding hydrogens is 642 g/mol. The Labute approximate surface area is 275 Å². The van der Waals surface area contributed by atoms with Gasteiger partial charge in [0.2, 0.25) is 0 Å². The van der Waals surface area contributed by atoms with Crippen LogP contribution in [0.2, 0.25) is 0 Å². The first-order chi connectivity index (χ1) is 17.0. The van der Waals surface area contributed by atoms with Gasteiger partial charge in [-0.25, -0.2) is 0 Å². The summed E-state index contributed by atoms with van der Waals surface area (Å²) in [4.78, 5) is 0. The molecule has 2 aliphatic heterocycles. The van der Waals surface area contributed by atoms with Crippen molar-refractivity contribution in [1.29, 1.82) is 0 Å². The molecule has 8 nitrogen and oxygen atoms in total. The number of aliphatic hydroxyl groups is 4. The van der Waals surface area contributed by atoms with Crippen LogP contribution in [0.15, 0.2) is 24.3 Å². The molecule has 14 atom stereocenters. The van der Waals surface area contributed by atoms with Crippen molar-refractivity contribution >= 4 is 0 Å². The second-order valence-electron chi connectivity index (χ2n) is 13.4. The Balaban J connectivity index is 0.000000147. The van der Waals surface area contributed by atoms with Gasteiger partial charge in [0, 0.05) is 88.1 Å². The summed E-state index contributed by atoms with van der Waals surface area (Å²) in [5, 5.41) is 41.1. The van der Waals surface area contributed by atoms with Gasteiger partial charge in [-0.15, -0.1) is 0 Å². The molecule has 0 amide bonds. The number of ether oxygens (including phenoxy) is 4. The van der Waals surface area contributed by atoms with Crippen molar-refractivity contribution in [3.8, 4) is 0 Å². The summed E-state index contributed by atoms with van der Waals surface area (Å²) >= 11 is 0. The van der Waals surface area contributed by atoms with Crippen molar-refractivity contribution in [1.82, 2.24) is 0 Å². The fraction of sp³-hybridized carbons (Fsp3) is 0.857. The molecule has 2 saturated heterocycles. The molecule has 8 aliphatic rings. The van der Waals surface area contributed by atoms with Crippen molar-refractivity contribution in [3.05, 3.63) is 24.3 Å². The van der Waals surface area contributed by atoms with Gasteiger partial charge >= 0.3 is 0 Å². The quantitative estimate of drug-likeness (QED) is 0.323. The number of allylic oxidation sites excluding steroid dienone is 4. The zero-order chi connectivity index (χ0) is 25.4. The summed E-state index contributed by atoms with van der Waals surface area (Å²) in [6.07, 6.45) is 8.86. The van der Waals surface area contributed by atoms with E-state index in [1.165, 1.54) is 0 Å². The Bertz CT molecular complexity index is 925. The summed E-state index contributed by atoms with van der Waals surface area (Å²) in [6.45, 7) is 7.65. The Kier molecular flexibility index (Phi) is 8.07. The van der Waals surface area contributed by atoms with Crippen LogP contribution in [0, 0.1) is 46.3 Å². The zero-order valence-electron chi connectivity index (χ0n) is 22.6. The van der Waals surface area contributed by atoms with Gasteiger partial charge in [-0.3, -0.25) is 0 Å². The predicted molar refractivity (Wildman–Crippen MR) is 127 cm³/mol. The molecule has 0 aromatic rings. The van der Waals surface area contributed by atoms with Crippen LogP contribution in [0.4, 0.5) is 0 Å². The van der Waals surface area contributed by atoms with Crippen LogP contribution in [0.1, 0.15) is 40.5 Å². The molecule has 0 spiro atoms. The average molecular weight is 682 g/mol. The fourth-order valence-electron chi connectivity index (χ4n) is 9.96. The maximum Gasteiger partial charge on any atom is 0.163 e. The monoisotopic (exact) mass is 682 g/mol. The summed E-state index contributed by atoms with van der Waals surface area (Å²) in [5.41, 5.74) is -0.672. The van der Waals surface area contributed by atoms with Gasteiger partial charge in [0.25, 0.3) is 0 Å². The van der Waals surface area contributed by atoms with E-state index in [0.717, 1.165) is 12.8 Å². The summed E-state index contributed by atoms with van der Waals surface area (Å²) in [7, 11) is 0. The van der Waals surface area contributed by atoms with Crippen LogP contribution in [-0.2, 0) is 84.4 Å². The second kappa shape index (κ2) is 9.95. The molecule has 0 aromatic heterocycles. The largest absolute Gasteiger partial charge is 0.396 e. The number of fused-ring (bicyclic) bond motifs is 14. The van der Waals surface area contributed by atoms with Crippen molar-refractivity contribution < 1.29 is 105 Å². The molecular formula is C28H40O8Y2. The smallest absolute Gasteiger partial charge is 0.163 e. The number of aliphatic hydroxyl groups excluding tert-OH is 4. The molecule has 10 heteroatoms. The topological polar surface area (TPSA) is 118 Å². The first-order valence-electron chi connectivity index (χ1n) is 13.6. The molecule has 2 heterocycles. The van der Waals surface area contributed by atoms with E-state index >= 15 is 0 Å². The van der Waals surface area contributed by atoms with E-state index in [1.807, 2.05) is 27.7 Å². The molecule has 8 rings (SSSR count). The summed E-state index contributed by atoms with van der Waals surface area (Å²) in [5.74, 6) is 0.243. The molecule has 4 N–H and O–H groups in total. The second-order valence-corrected chi connectivity index (χ2v) is 13.4.